The van der Waals surface area contributed by atoms with E-state index in [1.165, 1.54) is 6.33 Å². The molecule has 0 unspecified atom stereocenters. The molecular formula is C30H33N5O4S. The van der Waals surface area contributed by atoms with Crippen LogP contribution in [0, 0.1) is 5.92 Å². The summed E-state index contributed by atoms with van der Waals surface area (Å²) in [6.07, 6.45) is 0.636. The van der Waals surface area contributed by atoms with Crippen LogP contribution in [0.1, 0.15) is 47.1 Å². The van der Waals surface area contributed by atoms with Gasteiger partial charge in [0.05, 0.1) is 18.8 Å². The molecule has 208 valence electrons. The minimum atomic E-state index is -0.560. The minimum absolute atomic E-state index is 0.000563. The molecule has 1 fully saturated rings. The molecule has 0 radical (unpaired) electrons. The van der Waals surface area contributed by atoms with Gasteiger partial charge in [0.2, 0.25) is 0 Å². The molecular weight excluding hydrogens is 526 g/mol. The highest BCUT2D eigenvalue weighted by Gasteiger charge is 2.38. The number of carbonyl (C=O) groups is 1. The van der Waals surface area contributed by atoms with Crippen molar-refractivity contribution >= 4 is 17.8 Å². The fourth-order valence-corrected chi connectivity index (χ4v) is 5.49. The summed E-state index contributed by atoms with van der Waals surface area (Å²) in [7, 11) is 0. The molecule has 40 heavy (non-hydrogen) atoms. The topological polar surface area (TPSA) is 121 Å². The number of amides is 2. The number of aromatic nitrogens is 3. The van der Waals surface area contributed by atoms with Crippen LogP contribution in [-0.2, 0) is 29.2 Å². The van der Waals surface area contributed by atoms with Gasteiger partial charge in [-0.3, -0.25) is 5.10 Å². The first-order valence-electron chi connectivity index (χ1n) is 13.2. The van der Waals surface area contributed by atoms with Crippen LogP contribution in [0.15, 0.2) is 90.3 Å². The van der Waals surface area contributed by atoms with E-state index in [0.29, 0.717) is 18.8 Å². The van der Waals surface area contributed by atoms with Crippen molar-refractivity contribution in [1.82, 2.24) is 25.8 Å². The van der Waals surface area contributed by atoms with Gasteiger partial charge >= 0.3 is 6.03 Å². The van der Waals surface area contributed by atoms with Gasteiger partial charge in [-0.05, 0) is 22.3 Å². The lowest BCUT2D eigenvalue weighted by Gasteiger charge is -2.41. The summed E-state index contributed by atoms with van der Waals surface area (Å²) in [5.74, 6) is 0.756. The molecule has 2 amide bonds. The molecule has 0 saturated carbocycles. The number of aliphatic hydroxyl groups excluding tert-OH is 1. The van der Waals surface area contributed by atoms with Crippen LogP contribution in [0.4, 0.5) is 4.79 Å². The first-order valence-corrected chi connectivity index (χ1v) is 14.2. The summed E-state index contributed by atoms with van der Waals surface area (Å²) in [5.41, 5.74) is 4.81. The van der Waals surface area contributed by atoms with Crippen molar-refractivity contribution in [2.75, 3.05) is 5.75 Å². The summed E-state index contributed by atoms with van der Waals surface area (Å²) in [6, 6.07) is 25.3. The van der Waals surface area contributed by atoms with Gasteiger partial charge in [0.15, 0.2) is 11.4 Å². The molecule has 3 aromatic carbocycles. The van der Waals surface area contributed by atoms with E-state index in [4.69, 9.17) is 9.47 Å². The van der Waals surface area contributed by atoms with Crippen molar-refractivity contribution in [3.63, 3.8) is 0 Å². The molecule has 1 saturated heterocycles. The second-order valence-electron chi connectivity index (χ2n) is 9.69. The third kappa shape index (κ3) is 7.28. The van der Waals surface area contributed by atoms with E-state index in [2.05, 4.69) is 32.7 Å². The first-order chi connectivity index (χ1) is 19.6. The Bertz CT molecular complexity index is 1340. The Hall–Kier alpha value is -3.70. The van der Waals surface area contributed by atoms with Crippen LogP contribution in [0.25, 0.3) is 0 Å². The highest BCUT2D eigenvalue weighted by atomic mass is 32.2. The highest BCUT2D eigenvalue weighted by molar-refractivity contribution is 7.99. The molecule has 0 spiro atoms. The first kappa shape index (κ1) is 27.9. The van der Waals surface area contributed by atoms with Crippen molar-refractivity contribution in [3.8, 4) is 0 Å². The fourth-order valence-electron chi connectivity index (χ4n) is 4.55. The molecule has 1 aliphatic rings. The monoisotopic (exact) mass is 559 g/mol. The Labute approximate surface area is 237 Å². The van der Waals surface area contributed by atoms with Gasteiger partial charge < -0.3 is 25.2 Å². The number of urea groups is 1. The Kier molecular flexibility index (Phi) is 9.46. The van der Waals surface area contributed by atoms with E-state index >= 15 is 0 Å². The summed E-state index contributed by atoms with van der Waals surface area (Å²) < 4.78 is 13.0. The van der Waals surface area contributed by atoms with Gasteiger partial charge in [-0.1, -0.05) is 97.5 Å². The van der Waals surface area contributed by atoms with Crippen molar-refractivity contribution in [2.45, 2.75) is 50.3 Å². The van der Waals surface area contributed by atoms with Gasteiger partial charge in [0.25, 0.3) is 0 Å². The van der Waals surface area contributed by atoms with E-state index in [0.717, 1.165) is 33.0 Å². The van der Waals surface area contributed by atoms with Crippen molar-refractivity contribution in [2.24, 2.45) is 5.92 Å². The number of carbonyl (C=O) groups excluding carboxylic acids is 1. The second kappa shape index (κ2) is 13.6. The number of aromatic amines is 1. The van der Waals surface area contributed by atoms with E-state index in [1.54, 1.807) is 11.8 Å². The number of hydrogen-bond acceptors (Lipinski definition) is 7. The zero-order chi connectivity index (χ0) is 27.7. The van der Waals surface area contributed by atoms with Gasteiger partial charge in [0, 0.05) is 30.3 Å². The quantitative estimate of drug-likeness (QED) is 0.204. The lowest BCUT2D eigenvalue weighted by Crippen LogP contribution is -2.38. The highest BCUT2D eigenvalue weighted by Crippen LogP contribution is 2.42. The molecule has 4 N–H and O–H groups in total. The summed E-state index contributed by atoms with van der Waals surface area (Å²) in [4.78, 5) is 16.5. The molecule has 0 aliphatic carbocycles. The Morgan fingerprint density at radius 1 is 0.900 bits per heavy atom. The van der Waals surface area contributed by atoms with Crippen LogP contribution in [-0.4, -0.2) is 38.2 Å². The number of rotatable bonds is 10. The number of nitrogens with zero attached hydrogens (tertiary/aromatic N) is 2. The number of thioether (sulfide) groups is 1. The van der Waals surface area contributed by atoms with Gasteiger partial charge in [-0.15, -0.1) is 0 Å². The van der Waals surface area contributed by atoms with Crippen LogP contribution in [0.5, 0.6) is 0 Å². The molecule has 2 heterocycles. The number of hydrogen-bond donors (Lipinski definition) is 4. The fraction of sp³-hybridized carbons (Fsp3) is 0.300. The summed E-state index contributed by atoms with van der Waals surface area (Å²) in [6.45, 7) is 3.00. The van der Waals surface area contributed by atoms with Gasteiger partial charge in [0.1, 0.15) is 6.33 Å². The molecule has 4 aromatic rings. The molecule has 9 nitrogen and oxygen atoms in total. The molecule has 10 heteroatoms. The third-order valence-corrected chi connectivity index (χ3v) is 7.87. The van der Waals surface area contributed by atoms with Crippen LogP contribution in [0.2, 0.25) is 0 Å². The Balaban J connectivity index is 1.23. The lowest BCUT2D eigenvalue weighted by molar-refractivity contribution is -0.268. The lowest BCUT2D eigenvalue weighted by atomic mass is 9.91. The predicted molar refractivity (Wildman–Crippen MR) is 152 cm³/mol. The van der Waals surface area contributed by atoms with Crippen LogP contribution in [0.3, 0.4) is 0 Å². The minimum Gasteiger partial charge on any atom is -0.392 e. The molecule has 1 aromatic heterocycles. The smallest absolute Gasteiger partial charge is 0.315 e. The van der Waals surface area contributed by atoms with Gasteiger partial charge in [-0.25, -0.2) is 9.78 Å². The van der Waals surface area contributed by atoms with E-state index in [1.807, 2.05) is 78.9 Å². The average Bonchev–Trinajstić information content (AvgIpc) is 3.53. The molecule has 1 aliphatic heterocycles. The zero-order valence-electron chi connectivity index (χ0n) is 22.2. The van der Waals surface area contributed by atoms with E-state index in [-0.39, 0.29) is 30.8 Å². The molecule has 0 bridgehead atoms. The number of ether oxygens (including phenoxy) is 2. The predicted octanol–water partition coefficient (Wildman–Crippen LogP) is 4.88. The van der Waals surface area contributed by atoms with Crippen molar-refractivity contribution < 1.29 is 19.4 Å². The van der Waals surface area contributed by atoms with Crippen LogP contribution >= 0.6 is 11.8 Å². The van der Waals surface area contributed by atoms with Crippen LogP contribution < -0.4 is 10.6 Å². The second-order valence-corrected chi connectivity index (χ2v) is 10.7. The molecule has 4 atom stereocenters. The van der Waals surface area contributed by atoms with Crippen molar-refractivity contribution in [1.29, 1.82) is 0 Å². The van der Waals surface area contributed by atoms with E-state index in [9.17, 15) is 9.90 Å². The SMILES string of the molecule is C[C@@H]1[C@H](CSc2ncn[nH]2)O[C@H](c2ccc(CNC(=O)NCc3ccccc3)cc2)O[C@@H]1c1ccc(CO)cc1. The Morgan fingerprint density at radius 3 is 2.20 bits per heavy atom. The normalized spacial score (nSPS) is 20.6. The standard InChI is InChI=1S/C30H33N5O4S/c1-20-26(18-40-30-33-19-34-35-30)38-28(39-27(20)24-11-9-23(17-36)10-12-24)25-13-7-22(8-14-25)16-32-29(37)31-15-21-5-3-2-4-6-21/h2-14,19-20,26-28,36H,15-18H2,1H3,(H2,31,32,37)(H,33,34,35)/t20-,26+,27+,28+/m1/s1. The molecule has 5 rings (SSSR count). The number of H-pyrrole nitrogens is 1. The maximum Gasteiger partial charge on any atom is 0.315 e. The maximum atomic E-state index is 12.2. The van der Waals surface area contributed by atoms with Gasteiger partial charge in [-0.2, -0.15) is 5.10 Å². The average molecular weight is 560 g/mol. The van der Waals surface area contributed by atoms with Crippen molar-refractivity contribution in [3.05, 3.63) is 113 Å². The third-order valence-electron chi connectivity index (χ3n) is 6.90. The largest absolute Gasteiger partial charge is 0.392 e. The summed E-state index contributed by atoms with van der Waals surface area (Å²) in [5, 5.41) is 22.8. The summed E-state index contributed by atoms with van der Waals surface area (Å²) >= 11 is 1.56. The number of benzene rings is 3. The maximum absolute atomic E-state index is 12.2. The van der Waals surface area contributed by atoms with E-state index < -0.39 is 6.29 Å². The zero-order valence-corrected chi connectivity index (χ0v) is 23.0. The number of nitrogens with one attached hydrogen (secondary N) is 3. The Morgan fingerprint density at radius 2 is 1.55 bits per heavy atom. The number of aliphatic hydroxyl groups is 1.